The van der Waals surface area contributed by atoms with E-state index in [0.717, 1.165) is 62.3 Å². The molecule has 0 fully saturated rings. The Morgan fingerprint density at radius 3 is 1.24 bits per heavy atom. The molecule has 0 saturated carbocycles. The Kier molecular flexibility index (Phi) is 12.0. The number of hydrogen-bond donors (Lipinski definition) is 0. The SMILES string of the molecule is CC(C)(C)c1ccc2c(c1)C1(c3cc(C(C)(C)C)ccc3O2)c2ccccc2-c2c(-c3ccccc3N(c3ccc(-c4ccccc4)cc3)c3ccc4c(c3)C3(c5ccccc5O4)c4cc(C(C)(C)C)ccc4-c4ccc(C(C)(C)C)cc43)cccc21. The van der Waals surface area contributed by atoms with E-state index in [4.69, 9.17) is 9.47 Å². The number of hydrogen-bond acceptors (Lipinski definition) is 3. The number of fused-ring (bicyclic) bond motifs is 18. The van der Waals surface area contributed by atoms with Gasteiger partial charge in [0.05, 0.1) is 16.5 Å². The fourth-order valence-corrected chi connectivity index (χ4v) is 14.9. The van der Waals surface area contributed by atoms with Gasteiger partial charge in [-0.1, -0.05) is 253 Å². The van der Waals surface area contributed by atoms with Crippen LogP contribution in [0.5, 0.6) is 23.0 Å². The molecule has 0 atom stereocenters. The summed E-state index contributed by atoms with van der Waals surface area (Å²) in [7, 11) is 0. The number of rotatable bonds is 5. The van der Waals surface area contributed by atoms with Crippen molar-refractivity contribution >= 4 is 17.1 Å². The van der Waals surface area contributed by atoms with Gasteiger partial charge in [0.1, 0.15) is 23.0 Å². The molecule has 2 heterocycles. The maximum atomic E-state index is 7.21. The molecule has 3 nitrogen and oxygen atoms in total. The normalized spacial score (nSPS) is 14.6. The average molecular weight is 1130 g/mol. The summed E-state index contributed by atoms with van der Waals surface area (Å²) in [5.41, 5.74) is 25.9. The van der Waals surface area contributed by atoms with E-state index in [1.807, 2.05) is 0 Å². The van der Waals surface area contributed by atoms with Gasteiger partial charge in [-0.05, 0) is 172 Å². The van der Waals surface area contributed by atoms with Crippen molar-refractivity contribution in [1.82, 2.24) is 0 Å². The lowest BCUT2D eigenvalue weighted by atomic mass is 9.64. The second-order valence-electron chi connectivity index (χ2n) is 28.9. The zero-order chi connectivity index (χ0) is 60.2. The molecule has 4 aliphatic rings. The van der Waals surface area contributed by atoms with E-state index >= 15 is 0 Å². The summed E-state index contributed by atoms with van der Waals surface area (Å²) in [5.74, 6) is 3.53. The van der Waals surface area contributed by atoms with Crippen molar-refractivity contribution in [2.45, 2.75) is 116 Å². The smallest absolute Gasteiger partial charge is 0.132 e. The number of nitrogens with zero attached hydrogens (tertiary/aromatic N) is 1. The maximum Gasteiger partial charge on any atom is 0.132 e. The molecule has 0 N–H and O–H groups in total. The molecule has 15 rings (SSSR count). The quantitative estimate of drug-likeness (QED) is 0.171. The van der Waals surface area contributed by atoms with E-state index in [0.29, 0.717) is 0 Å². The fraction of sp³-hybridized carbons (Fsp3) is 0.214. The van der Waals surface area contributed by atoms with Gasteiger partial charge < -0.3 is 14.4 Å². The second kappa shape index (κ2) is 19.2. The first-order valence-corrected chi connectivity index (χ1v) is 31.1. The van der Waals surface area contributed by atoms with Gasteiger partial charge in [-0.2, -0.15) is 0 Å². The van der Waals surface area contributed by atoms with Gasteiger partial charge in [0, 0.05) is 39.2 Å². The molecule has 2 aliphatic carbocycles. The monoisotopic (exact) mass is 1130 g/mol. The molecular formula is C84H75NO2. The van der Waals surface area contributed by atoms with E-state index in [-0.39, 0.29) is 21.7 Å². The number of anilines is 3. The van der Waals surface area contributed by atoms with Crippen LogP contribution in [0.1, 0.15) is 150 Å². The van der Waals surface area contributed by atoms with Crippen LogP contribution in [0.25, 0.3) is 44.5 Å². The van der Waals surface area contributed by atoms with Crippen molar-refractivity contribution in [3.8, 4) is 67.5 Å². The minimum absolute atomic E-state index is 0.0939. The molecule has 11 aromatic carbocycles. The third-order valence-electron chi connectivity index (χ3n) is 19.5. The number of para-hydroxylation sites is 2. The van der Waals surface area contributed by atoms with Crippen LogP contribution >= 0.6 is 0 Å². The summed E-state index contributed by atoms with van der Waals surface area (Å²) in [5, 5.41) is 0. The summed E-state index contributed by atoms with van der Waals surface area (Å²) in [6.07, 6.45) is 0. The highest BCUT2D eigenvalue weighted by Gasteiger charge is 2.54. The van der Waals surface area contributed by atoms with Gasteiger partial charge in [-0.25, -0.2) is 0 Å². The molecule has 2 aliphatic heterocycles. The van der Waals surface area contributed by atoms with Crippen LogP contribution in [-0.4, -0.2) is 0 Å². The van der Waals surface area contributed by atoms with E-state index in [1.165, 1.54) is 89.0 Å². The van der Waals surface area contributed by atoms with Gasteiger partial charge in [0.2, 0.25) is 0 Å². The minimum atomic E-state index is -0.718. The first-order valence-electron chi connectivity index (χ1n) is 31.1. The zero-order valence-corrected chi connectivity index (χ0v) is 52.3. The lowest BCUT2D eigenvalue weighted by Crippen LogP contribution is -2.33. The molecule has 0 aromatic heterocycles. The Labute approximate surface area is 515 Å². The Hall–Kier alpha value is -9.18. The first-order chi connectivity index (χ1) is 41.6. The Morgan fingerprint density at radius 2 is 0.667 bits per heavy atom. The van der Waals surface area contributed by atoms with Gasteiger partial charge in [0.25, 0.3) is 0 Å². The third kappa shape index (κ3) is 8.21. The van der Waals surface area contributed by atoms with Crippen LogP contribution in [-0.2, 0) is 32.5 Å². The summed E-state index contributed by atoms with van der Waals surface area (Å²) in [6.45, 7) is 27.9. The number of ether oxygens (including phenoxy) is 2. The fourth-order valence-electron chi connectivity index (χ4n) is 14.9. The zero-order valence-electron chi connectivity index (χ0n) is 52.3. The van der Waals surface area contributed by atoms with Crippen LogP contribution < -0.4 is 14.4 Å². The van der Waals surface area contributed by atoms with E-state index < -0.39 is 10.8 Å². The topological polar surface area (TPSA) is 21.7 Å². The Morgan fingerprint density at radius 1 is 0.264 bits per heavy atom. The predicted octanol–water partition coefficient (Wildman–Crippen LogP) is 22.6. The van der Waals surface area contributed by atoms with Gasteiger partial charge in [-0.15, -0.1) is 0 Å². The van der Waals surface area contributed by atoms with E-state index in [2.05, 4.69) is 325 Å². The predicted molar refractivity (Wildman–Crippen MR) is 362 cm³/mol. The summed E-state index contributed by atoms with van der Waals surface area (Å²) >= 11 is 0. The van der Waals surface area contributed by atoms with Gasteiger partial charge >= 0.3 is 0 Å². The van der Waals surface area contributed by atoms with Crippen molar-refractivity contribution in [3.05, 3.63) is 303 Å². The molecular weight excluding hydrogens is 1050 g/mol. The van der Waals surface area contributed by atoms with Crippen LogP contribution in [0.2, 0.25) is 0 Å². The molecule has 0 unspecified atom stereocenters. The maximum absolute atomic E-state index is 7.21. The van der Waals surface area contributed by atoms with E-state index in [9.17, 15) is 0 Å². The Bertz CT molecular complexity index is 4480. The highest BCUT2D eigenvalue weighted by Crippen LogP contribution is 2.66. The van der Waals surface area contributed by atoms with Crippen molar-refractivity contribution < 1.29 is 9.47 Å². The summed E-state index contributed by atoms with van der Waals surface area (Å²) in [4.78, 5) is 2.51. The molecule has 0 radical (unpaired) electrons. The highest BCUT2D eigenvalue weighted by atomic mass is 16.5. The molecule has 0 bridgehead atoms. The Balaban J connectivity index is 1.01. The molecule has 428 valence electrons. The standard InChI is InChI=1S/C84H75NO2/c1-79(2,3)54-35-42-60-61-43-36-55(80(4,5)6)48-69(61)84(68(60)47-54)66-29-19-21-32-74(66)86-77-46-41-59(51-72(77)84)85(58-39-33-53(34-40-58)52-23-14-13-15-24-52)73-31-20-17-25-62(73)63-27-22-30-67-78(63)64-26-16-18-28-65(64)83(67)70-49-56(81(7,8)9)37-44-75(70)87-76-45-38-57(50-71(76)83)82(10,11)12/h13-51H,1-12H3. The first kappa shape index (κ1) is 54.5. The molecule has 87 heavy (non-hydrogen) atoms. The third-order valence-corrected chi connectivity index (χ3v) is 19.5. The van der Waals surface area contributed by atoms with Crippen molar-refractivity contribution in [3.63, 3.8) is 0 Å². The van der Waals surface area contributed by atoms with Gasteiger partial charge in [0.15, 0.2) is 0 Å². The minimum Gasteiger partial charge on any atom is -0.457 e. The van der Waals surface area contributed by atoms with Crippen LogP contribution in [0.15, 0.2) is 237 Å². The molecule has 2 spiro atoms. The highest BCUT2D eigenvalue weighted by molar-refractivity contribution is 6.01. The van der Waals surface area contributed by atoms with E-state index in [1.54, 1.807) is 0 Å². The molecule has 3 heteroatoms. The molecule has 11 aromatic rings. The van der Waals surface area contributed by atoms with Crippen LogP contribution in [0.4, 0.5) is 17.1 Å². The lowest BCUT2D eigenvalue weighted by Gasteiger charge is -2.41. The molecule has 0 saturated heterocycles. The van der Waals surface area contributed by atoms with Crippen molar-refractivity contribution in [1.29, 1.82) is 0 Å². The molecule has 0 amide bonds. The summed E-state index contributed by atoms with van der Waals surface area (Å²) in [6, 6.07) is 89.4. The number of benzene rings is 11. The second-order valence-corrected chi connectivity index (χ2v) is 28.9. The van der Waals surface area contributed by atoms with Gasteiger partial charge in [-0.3, -0.25) is 0 Å². The van der Waals surface area contributed by atoms with Crippen LogP contribution in [0.3, 0.4) is 0 Å². The van der Waals surface area contributed by atoms with Crippen molar-refractivity contribution in [2.75, 3.05) is 4.90 Å². The largest absolute Gasteiger partial charge is 0.457 e. The average Bonchev–Trinajstić information content (AvgIpc) is 1.58. The summed E-state index contributed by atoms with van der Waals surface area (Å²) < 4.78 is 14.3. The van der Waals surface area contributed by atoms with Crippen LogP contribution in [0, 0.1) is 0 Å². The van der Waals surface area contributed by atoms with Crippen molar-refractivity contribution in [2.24, 2.45) is 0 Å². The lowest BCUT2D eigenvalue weighted by molar-refractivity contribution is 0.433.